The molecule has 4 atom stereocenters. The van der Waals surface area contributed by atoms with Gasteiger partial charge < -0.3 is 9.47 Å². The third kappa shape index (κ3) is 2.25. The van der Waals surface area contributed by atoms with Gasteiger partial charge in [-0.25, -0.2) is 0 Å². The summed E-state index contributed by atoms with van der Waals surface area (Å²) in [4.78, 5) is 35.9. The van der Waals surface area contributed by atoms with E-state index in [1.165, 1.54) is 13.8 Å². The van der Waals surface area contributed by atoms with Gasteiger partial charge in [0.15, 0.2) is 12.2 Å². The summed E-state index contributed by atoms with van der Waals surface area (Å²) in [6.07, 6.45) is -0.425. The van der Waals surface area contributed by atoms with Gasteiger partial charge in [0.25, 0.3) is 0 Å². The van der Waals surface area contributed by atoms with Gasteiger partial charge in [-0.3, -0.25) is 19.3 Å². The Bertz CT molecular complexity index is 360. The molecule has 2 bridgehead atoms. The lowest BCUT2D eigenvalue weighted by Gasteiger charge is -2.30. The van der Waals surface area contributed by atoms with Crippen LogP contribution in [0.25, 0.3) is 0 Å². The molecule has 0 aromatic rings. The molecule has 0 spiro atoms. The Morgan fingerprint density at radius 1 is 1.06 bits per heavy atom. The number of hydrogen-bond acceptors (Lipinski definition) is 6. The summed E-state index contributed by atoms with van der Waals surface area (Å²) in [7, 11) is 1.86. The normalized spacial score (nSPS) is 35.4. The fourth-order valence-electron chi connectivity index (χ4n) is 2.89. The number of carbonyl (C=O) groups is 3. The van der Waals surface area contributed by atoms with Crippen LogP contribution in [0.15, 0.2) is 0 Å². The zero-order valence-electron chi connectivity index (χ0n) is 10.7. The molecule has 2 unspecified atom stereocenters. The maximum absolute atomic E-state index is 11.6. The van der Waals surface area contributed by atoms with Crippen LogP contribution in [0, 0.1) is 0 Å². The standard InChI is InChI=1S/C12H17NO5/c1-6(14)17-11-9-4-8(16)5-10(13(9)3)12(11)18-7(2)15/h9-12H,4-5H2,1-3H3/t9-,10+,11?,12?. The van der Waals surface area contributed by atoms with Crippen LogP contribution < -0.4 is 0 Å². The lowest BCUT2D eigenvalue weighted by Crippen LogP contribution is -2.43. The molecule has 6 heteroatoms. The molecule has 2 saturated heterocycles. The molecule has 2 aliphatic heterocycles. The van der Waals surface area contributed by atoms with Crippen molar-refractivity contribution in [3.63, 3.8) is 0 Å². The highest BCUT2D eigenvalue weighted by Crippen LogP contribution is 2.36. The predicted molar refractivity (Wildman–Crippen MR) is 60.7 cm³/mol. The Hall–Kier alpha value is -1.43. The summed E-state index contributed by atoms with van der Waals surface area (Å²) in [5.74, 6) is -0.731. The molecule has 0 radical (unpaired) electrons. The van der Waals surface area contributed by atoms with Crippen LogP contribution in [0.1, 0.15) is 26.7 Å². The van der Waals surface area contributed by atoms with Crippen LogP contribution in [0.5, 0.6) is 0 Å². The highest BCUT2D eigenvalue weighted by Gasteiger charge is 2.55. The average molecular weight is 255 g/mol. The van der Waals surface area contributed by atoms with Crippen LogP contribution in [0.4, 0.5) is 0 Å². The molecule has 18 heavy (non-hydrogen) atoms. The highest BCUT2D eigenvalue weighted by molar-refractivity contribution is 5.81. The van der Waals surface area contributed by atoms with E-state index in [1.54, 1.807) is 0 Å². The molecular formula is C12H17NO5. The van der Waals surface area contributed by atoms with E-state index in [1.807, 2.05) is 11.9 Å². The average Bonchev–Trinajstić information content (AvgIpc) is 2.41. The number of esters is 2. The molecule has 2 fully saturated rings. The lowest BCUT2D eigenvalue weighted by molar-refractivity contribution is -0.163. The first-order valence-corrected chi connectivity index (χ1v) is 5.98. The fourth-order valence-corrected chi connectivity index (χ4v) is 2.89. The number of carbonyl (C=O) groups excluding carboxylic acids is 3. The van der Waals surface area contributed by atoms with E-state index in [4.69, 9.17) is 9.47 Å². The first kappa shape index (κ1) is 13.0. The molecule has 0 aromatic heterocycles. The van der Waals surface area contributed by atoms with Crippen molar-refractivity contribution in [3.05, 3.63) is 0 Å². The number of piperidine rings is 1. The molecule has 0 amide bonds. The Labute approximate surface area is 105 Å². The van der Waals surface area contributed by atoms with Gasteiger partial charge in [0.2, 0.25) is 0 Å². The molecule has 0 N–H and O–H groups in total. The Morgan fingerprint density at radius 2 is 1.44 bits per heavy atom. The minimum absolute atomic E-state index is 0.120. The quantitative estimate of drug-likeness (QED) is 0.641. The largest absolute Gasteiger partial charge is 0.457 e. The number of ether oxygens (including phenoxy) is 2. The number of hydrogen-bond donors (Lipinski definition) is 0. The van der Waals surface area contributed by atoms with Crippen LogP contribution in [0.3, 0.4) is 0 Å². The number of fused-ring (bicyclic) bond motifs is 2. The van der Waals surface area contributed by atoms with Crippen molar-refractivity contribution in [1.82, 2.24) is 4.90 Å². The van der Waals surface area contributed by atoms with Gasteiger partial charge in [-0.1, -0.05) is 0 Å². The Morgan fingerprint density at radius 3 is 1.78 bits per heavy atom. The van der Waals surface area contributed by atoms with Crippen molar-refractivity contribution in [3.8, 4) is 0 Å². The van der Waals surface area contributed by atoms with Gasteiger partial charge in [-0.05, 0) is 7.05 Å². The van der Waals surface area contributed by atoms with Crippen molar-refractivity contribution >= 4 is 17.7 Å². The Balaban J connectivity index is 2.25. The zero-order chi connectivity index (χ0) is 13.4. The molecule has 100 valence electrons. The van der Waals surface area contributed by atoms with Crippen molar-refractivity contribution in [1.29, 1.82) is 0 Å². The second kappa shape index (κ2) is 4.68. The molecule has 6 nitrogen and oxygen atoms in total. The number of ketones is 1. The summed E-state index contributed by atoms with van der Waals surface area (Å²) in [5, 5.41) is 0. The minimum atomic E-state index is -0.548. The van der Waals surface area contributed by atoms with Gasteiger partial charge in [0, 0.05) is 26.7 Å². The lowest BCUT2D eigenvalue weighted by atomic mass is 10.0. The first-order valence-electron chi connectivity index (χ1n) is 5.98. The third-order valence-electron chi connectivity index (χ3n) is 3.61. The molecule has 2 heterocycles. The summed E-state index contributed by atoms with van der Waals surface area (Å²) in [6.45, 7) is 2.63. The minimum Gasteiger partial charge on any atom is -0.457 e. The van der Waals surface area contributed by atoms with Gasteiger partial charge in [0.05, 0.1) is 12.1 Å². The second-order valence-electron chi connectivity index (χ2n) is 4.90. The van der Waals surface area contributed by atoms with Gasteiger partial charge in [-0.15, -0.1) is 0 Å². The van der Waals surface area contributed by atoms with Crippen molar-refractivity contribution in [2.45, 2.75) is 51.0 Å². The maximum atomic E-state index is 11.6. The van der Waals surface area contributed by atoms with Crippen LogP contribution in [-0.2, 0) is 23.9 Å². The van der Waals surface area contributed by atoms with E-state index in [0.717, 1.165) is 0 Å². The number of likely N-dealkylation sites (N-methyl/N-ethyl adjacent to an activating group) is 1. The van der Waals surface area contributed by atoms with E-state index < -0.39 is 24.1 Å². The molecular weight excluding hydrogens is 238 g/mol. The number of Topliss-reactive ketones (excluding diaryl/α,β-unsaturated/α-hetero) is 1. The third-order valence-corrected chi connectivity index (χ3v) is 3.61. The number of nitrogens with zero attached hydrogens (tertiary/aromatic N) is 1. The van der Waals surface area contributed by atoms with Crippen LogP contribution >= 0.6 is 0 Å². The molecule has 0 aromatic carbocycles. The summed E-state index contributed by atoms with van der Waals surface area (Å²) >= 11 is 0. The fraction of sp³-hybridized carbons (Fsp3) is 0.750. The van der Waals surface area contributed by atoms with E-state index in [9.17, 15) is 14.4 Å². The van der Waals surface area contributed by atoms with Crippen molar-refractivity contribution in [2.24, 2.45) is 0 Å². The monoisotopic (exact) mass is 255 g/mol. The van der Waals surface area contributed by atoms with Crippen molar-refractivity contribution < 1.29 is 23.9 Å². The van der Waals surface area contributed by atoms with Crippen LogP contribution in [-0.4, -0.2) is 54.0 Å². The van der Waals surface area contributed by atoms with Crippen LogP contribution in [0.2, 0.25) is 0 Å². The second-order valence-corrected chi connectivity index (χ2v) is 4.90. The first-order chi connectivity index (χ1) is 8.40. The molecule has 2 aliphatic rings. The molecule has 0 saturated carbocycles. The summed E-state index contributed by atoms with van der Waals surface area (Å²) in [5.41, 5.74) is 0. The Kier molecular flexibility index (Phi) is 3.38. The van der Waals surface area contributed by atoms with E-state index >= 15 is 0 Å². The smallest absolute Gasteiger partial charge is 0.303 e. The molecule has 2 rings (SSSR count). The number of rotatable bonds is 2. The SMILES string of the molecule is CC(=O)OC1C(OC(C)=O)[C@@H]2CC(=O)C[C@H]1N2C. The highest BCUT2D eigenvalue weighted by atomic mass is 16.6. The van der Waals surface area contributed by atoms with Gasteiger partial charge >= 0.3 is 11.9 Å². The van der Waals surface area contributed by atoms with Gasteiger partial charge in [-0.2, -0.15) is 0 Å². The van der Waals surface area contributed by atoms with E-state index in [0.29, 0.717) is 12.8 Å². The van der Waals surface area contributed by atoms with Gasteiger partial charge in [0.1, 0.15) is 5.78 Å². The topological polar surface area (TPSA) is 72.9 Å². The summed E-state index contributed by atoms with van der Waals surface area (Å²) in [6, 6.07) is -0.381. The van der Waals surface area contributed by atoms with E-state index in [2.05, 4.69) is 0 Å². The van der Waals surface area contributed by atoms with E-state index in [-0.39, 0.29) is 17.9 Å². The maximum Gasteiger partial charge on any atom is 0.303 e. The summed E-state index contributed by atoms with van der Waals surface area (Å²) < 4.78 is 10.5. The molecule has 0 aliphatic carbocycles. The predicted octanol–water partition coefficient (Wildman–Crippen LogP) is -0.105. The van der Waals surface area contributed by atoms with Crippen molar-refractivity contribution in [2.75, 3.05) is 7.05 Å². The zero-order valence-corrected chi connectivity index (χ0v) is 10.7.